The number of carbonyl (C=O) groups excluding carboxylic acids is 1. The molecule has 0 atom stereocenters. The molecule has 0 unspecified atom stereocenters. The number of aromatic amines is 1. The largest absolute Gasteiger partial charge is 0.382 e. The number of nitrogens with zero attached hydrogens (tertiary/aromatic N) is 1. The first kappa shape index (κ1) is 7.34. The van der Waals surface area contributed by atoms with Crippen molar-refractivity contribution >= 4 is 11.5 Å². The van der Waals surface area contributed by atoms with Gasteiger partial charge in [-0.25, -0.2) is 0 Å². The number of Topliss-reactive ketones (excluding diaryl/α,β-unsaturated/α-hetero) is 1. The van der Waals surface area contributed by atoms with E-state index in [0.29, 0.717) is 6.42 Å². The molecule has 4 nitrogen and oxygen atoms in total. The van der Waals surface area contributed by atoms with E-state index in [4.69, 9.17) is 0 Å². The maximum Gasteiger partial charge on any atom is 0.135 e. The normalized spacial score (nSPS) is 14.1. The fourth-order valence-electron chi connectivity index (χ4n) is 1.49. The summed E-state index contributed by atoms with van der Waals surface area (Å²) in [4.78, 5) is 10.8. The van der Waals surface area contributed by atoms with Crippen molar-refractivity contribution in [3.05, 3.63) is 11.4 Å². The van der Waals surface area contributed by atoms with E-state index in [-0.39, 0.29) is 5.78 Å². The summed E-state index contributed by atoms with van der Waals surface area (Å²) < 4.78 is 0. The molecule has 0 aromatic carbocycles. The van der Waals surface area contributed by atoms with Gasteiger partial charge in [0.15, 0.2) is 0 Å². The van der Waals surface area contributed by atoms with Crippen LogP contribution in [0.3, 0.4) is 0 Å². The van der Waals surface area contributed by atoms with Crippen molar-refractivity contribution < 1.29 is 4.79 Å². The van der Waals surface area contributed by atoms with Gasteiger partial charge < -0.3 is 5.32 Å². The summed E-state index contributed by atoms with van der Waals surface area (Å²) >= 11 is 0. The van der Waals surface area contributed by atoms with E-state index in [1.807, 2.05) is 0 Å². The molecule has 0 aliphatic carbocycles. The van der Waals surface area contributed by atoms with Crippen LogP contribution in [0.15, 0.2) is 0 Å². The van der Waals surface area contributed by atoms with Gasteiger partial charge >= 0.3 is 0 Å². The summed E-state index contributed by atoms with van der Waals surface area (Å²) in [5, 5.41) is 10.2. The number of fused-ring (bicyclic) bond motifs is 1. The molecular formula is C8H11N3O. The highest BCUT2D eigenvalue weighted by molar-refractivity contribution is 5.80. The summed E-state index contributed by atoms with van der Waals surface area (Å²) in [6.07, 6.45) is 1.42. The van der Waals surface area contributed by atoms with Crippen LogP contribution in [-0.2, 0) is 17.6 Å². The molecule has 4 heteroatoms. The molecule has 2 heterocycles. The van der Waals surface area contributed by atoms with E-state index in [0.717, 1.165) is 30.0 Å². The van der Waals surface area contributed by atoms with E-state index in [9.17, 15) is 4.79 Å². The molecule has 1 aromatic rings. The van der Waals surface area contributed by atoms with Gasteiger partial charge in [-0.05, 0) is 6.92 Å². The second kappa shape index (κ2) is 2.62. The predicted molar refractivity (Wildman–Crippen MR) is 45.2 cm³/mol. The Morgan fingerprint density at radius 3 is 3.25 bits per heavy atom. The molecule has 0 bridgehead atoms. The summed E-state index contributed by atoms with van der Waals surface area (Å²) in [5.74, 6) is 0.151. The zero-order valence-electron chi connectivity index (χ0n) is 6.98. The minimum Gasteiger partial charge on any atom is -0.382 e. The summed E-state index contributed by atoms with van der Waals surface area (Å²) in [7, 11) is 0. The van der Waals surface area contributed by atoms with E-state index in [1.165, 1.54) is 0 Å². The van der Waals surface area contributed by atoms with Crippen molar-refractivity contribution in [1.82, 2.24) is 10.2 Å². The van der Waals surface area contributed by atoms with Gasteiger partial charge in [-0.3, -0.25) is 9.89 Å². The van der Waals surface area contributed by atoms with Crippen molar-refractivity contribution in [2.24, 2.45) is 0 Å². The second-order valence-corrected chi connectivity index (χ2v) is 3.08. The highest BCUT2D eigenvalue weighted by Crippen LogP contribution is 2.23. The number of anilines is 1. The predicted octanol–water partition coefficient (Wildman–Crippen LogP) is 0.509. The molecule has 0 spiro atoms. The van der Waals surface area contributed by atoms with Crippen LogP contribution < -0.4 is 5.32 Å². The van der Waals surface area contributed by atoms with E-state index >= 15 is 0 Å². The molecule has 2 rings (SSSR count). The molecule has 0 radical (unpaired) electrons. The molecule has 64 valence electrons. The third-order valence-electron chi connectivity index (χ3n) is 2.01. The Morgan fingerprint density at radius 2 is 2.50 bits per heavy atom. The highest BCUT2D eigenvalue weighted by atomic mass is 16.1. The first-order valence-corrected chi connectivity index (χ1v) is 4.07. The van der Waals surface area contributed by atoms with Crippen LogP contribution in [0.1, 0.15) is 18.3 Å². The molecule has 0 saturated heterocycles. The molecule has 1 aliphatic heterocycles. The number of rotatable bonds is 2. The number of hydrogen-bond acceptors (Lipinski definition) is 3. The lowest BCUT2D eigenvalue weighted by molar-refractivity contribution is -0.116. The Morgan fingerprint density at radius 1 is 1.67 bits per heavy atom. The van der Waals surface area contributed by atoms with Gasteiger partial charge in [-0.1, -0.05) is 0 Å². The van der Waals surface area contributed by atoms with Crippen LogP contribution in [0.2, 0.25) is 0 Å². The third-order valence-corrected chi connectivity index (χ3v) is 2.01. The second-order valence-electron chi connectivity index (χ2n) is 3.08. The zero-order chi connectivity index (χ0) is 8.55. The summed E-state index contributed by atoms with van der Waals surface area (Å²) in [5.41, 5.74) is 3.03. The molecular weight excluding hydrogens is 154 g/mol. The zero-order valence-corrected chi connectivity index (χ0v) is 6.98. The Bertz CT molecular complexity index is 316. The van der Waals surface area contributed by atoms with Gasteiger partial charge in [0, 0.05) is 13.0 Å². The maximum absolute atomic E-state index is 10.8. The van der Waals surface area contributed by atoms with Crippen molar-refractivity contribution in [3.8, 4) is 0 Å². The van der Waals surface area contributed by atoms with Crippen LogP contribution in [0.25, 0.3) is 0 Å². The number of aromatic nitrogens is 2. The molecule has 0 saturated carbocycles. The summed E-state index contributed by atoms with van der Waals surface area (Å²) in [6, 6.07) is 0. The van der Waals surface area contributed by atoms with Crippen LogP contribution in [0, 0.1) is 0 Å². The lowest BCUT2D eigenvalue weighted by atomic mass is 10.2. The standard InChI is InChI=1S/C8H11N3O/c1-5(12)4-7-8-6(10-11-7)2-3-9-8/h9H,2-4H2,1H3,(H,10,11). The molecule has 12 heavy (non-hydrogen) atoms. The van der Waals surface area contributed by atoms with Gasteiger partial charge in [0.1, 0.15) is 5.78 Å². The van der Waals surface area contributed by atoms with Crippen molar-refractivity contribution in [1.29, 1.82) is 0 Å². The Balaban J connectivity index is 2.27. The van der Waals surface area contributed by atoms with Gasteiger partial charge in [0.25, 0.3) is 0 Å². The Hall–Kier alpha value is -1.32. The highest BCUT2D eigenvalue weighted by Gasteiger charge is 2.18. The quantitative estimate of drug-likeness (QED) is 0.671. The number of ketones is 1. The molecule has 0 fully saturated rings. The topological polar surface area (TPSA) is 57.8 Å². The van der Waals surface area contributed by atoms with Gasteiger partial charge in [0.05, 0.1) is 23.5 Å². The van der Waals surface area contributed by atoms with E-state index < -0.39 is 0 Å². The average Bonchev–Trinajstić information content (AvgIpc) is 2.52. The smallest absolute Gasteiger partial charge is 0.135 e. The summed E-state index contributed by atoms with van der Waals surface area (Å²) in [6.45, 7) is 2.53. The fourth-order valence-corrected chi connectivity index (χ4v) is 1.49. The maximum atomic E-state index is 10.8. The van der Waals surface area contributed by atoms with Gasteiger partial charge in [0.2, 0.25) is 0 Å². The van der Waals surface area contributed by atoms with Gasteiger partial charge in [-0.15, -0.1) is 0 Å². The minimum absolute atomic E-state index is 0.151. The minimum atomic E-state index is 0.151. The van der Waals surface area contributed by atoms with Crippen molar-refractivity contribution in [2.45, 2.75) is 19.8 Å². The average molecular weight is 165 g/mol. The number of nitrogens with one attached hydrogen (secondary N) is 2. The lowest BCUT2D eigenvalue weighted by Gasteiger charge is -1.96. The van der Waals surface area contributed by atoms with E-state index in [1.54, 1.807) is 6.92 Å². The van der Waals surface area contributed by atoms with Crippen LogP contribution in [0.5, 0.6) is 0 Å². The Labute approximate surface area is 70.4 Å². The molecule has 2 N–H and O–H groups in total. The van der Waals surface area contributed by atoms with Gasteiger partial charge in [-0.2, -0.15) is 5.10 Å². The number of H-pyrrole nitrogens is 1. The number of carbonyl (C=O) groups is 1. The van der Waals surface area contributed by atoms with Crippen molar-refractivity contribution in [3.63, 3.8) is 0 Å². The number of hydrogen-bond donors (Lipinski definition) is 2. The van der Waals surface area contributed by atoms with Crippen LogP contribution >= 0.6 is 0 Å². The van der Waals surface area contributed by atoms with Crippen LogP contribution in [0.4, 0.5) is 5.69 Å². The first-order valence-electron chi connectivity index (χ1n) is 4.07. The molecule has 1 aliphatic rings. The Kier molecular flexibility index (Phi) is 1.60. The first-order chi connectivity index (χ1) is 5.77. The molecule has 1 aromatic heterocycles. The molecule has 0 amide bonds. The third kappa shape index (κ3) is 1.09. The van der Waals surface area contributed by atoms with E-state index in [2.05, 4.69) is 15.5 Å². The van der Waals surface area contributed by atoms with Crippen LogP contribution in [-0.4, -0.2) is 22.5 Å². The van der Waals surface area contributed by atoms with Crippen molar-refractivity contribution in [2.75, 3.05) is 11.9 Å². The fraction of sp³-hybridized carbons (Fsp3) is 0.500. The monoisotopic (exact) mass is 165 g/mol. The SMILES string of the molecule is CC(=O)Cc1n[nH]c2c1NCC2. The lowest BCUT2D eigenvalue weighted by Crippen LogP contribution is -2.01.